The highest BCUT2D eigenvalue weighted by Gasteiger charge is 2.30. The molecule has 1 unspecified atom stereocenters. The zero-order valence-electron chi connectivity index (χ0n) is 9.90. The molecule has 0 saturated carbocycles. The Kier molecular flexibility index (Phi) is 4.18. The van der Waals surface area contributed by atoms with Crippen LogP contribution in [0.3, 0.4) is 0 Å². The second-order valence-corrected chi connectivity index (χ2v) is 4.86. The number of hydrogen-bond acceptors (Lipinski definition) is 3. The largest absolute Gasteiger partial charge is 0.396 e. The van der Waals surface area contributed by atoms with Gasteiger partial charge in [-0.05, 0) is 32.2 Å². The van der Waals surface area contributed by atoms with Crippen molar-refractivity contribution in [2.45, 2.75) is 38.1 Å². The Morgan fingerprint density at radius 1 is 1.31 bits per heavy atom. The Morgan fingerprint density at radius 3 is 2.88 bits per heavy atom. The van der Waals surface area contributed by atoms with Crippen molar-refractivity contribution < 1.29 is 9.90 Å². The molecule has 0 aromatic rings. The van der Waals surface area contributed by atoms with Crippen molar-refractivity contribution in [1.82, 2.24) is 9.80 Å². The van der Waals surface area contributed by atoms with Crippen LogP contribution in [0.4, 0.5) is 0 Å². The van der Waals surface area contributed by atoms with Crippen molar-refractivity contribution in [2.24, 2.45) is 0 Å². The van der Waals surface area contributed by atoms with E-state index in [-0.39, 0.29) is 6.61 Å². The molecule has 0 aliphatic carbocycles. The van der Waals surface area contributed by atoms with Crippen LogP contribution < -0.4 is 0 Å². The smallest absolute Gasteiger partial charge is 0.222 e. The number of hydrogen-bond donors (Lipinski definition) is 1. The van der Waals surface area contributed by atoms with Gasteiger partial charge < -0.3 is 14.9 Å². The third kappa shape index (κ3) is 2.74. The first-order chi connectivity index (χ1) is 7.81. The van der Waals surface area contributed by atoms with Crippen LogP contribution in [-0.4, -0.2) is 59.6 Å². The number of carbonyl (C=O) groups is 1. The Morgan fingerprint density at radius 2 is 2.19 bits per heavy atom. The fourth-order valence-corrected chi connectivity index (χ4v) is 2.84. The van der Waals surface area contributed by atoms with Crippen LogP contribution in [0.1, 0.15) is 32.1 Å². The van der Waals surface area contributed by atoms with Gasteiger partial charge in [-0.2, -0.15) is 0 Å². The molecule has 0 aromatic carbocycles. The summed E-state index contributed by atoms with van der Waals surface area (Å²) in [5.74, 6) is 0.342. The molecule has 1 atom stereocenters. The zero-order chi connectivity index (χ0) is 11.4. The Hall–Kier alpha value is -0.610. The molecule has 2 heterocycles. The third-order valence-corrected chi connectivity index (χ3v) is 3.66. The molecule has 92 valence electrons. The molecule has 1 N–H and O–H groups in total. The van der Waals surface area contributed by atoms with E-state index in [1.807, 2.05) is 0 Å². The lowest BCUT2D eigenvalue weighted by Crippen LogP contribution is -2.48. The second kappa shape index (κ2) is 5.64. The minimum absolute atomic E-state index is 0.268. The summed E-state index contributed by atoms with van der Waals surface area (Å²) < 4.78 is 0. The summed E-state index contributed by atoms with van der Waals surface area (Å²) in [4.78, 5) is 16.1. The second-order valence-electron chi connectivity index (χ2n) is 4.86. The SMILES string of the molecule is O=C1CCCN1C1CCCN(CCCO)C1. The number of piperidine rings is 1. The van der Waals surface area contributed by atoms with Gasteiger partial charge in [-0.3, -0.25) is 4.79 Å². The first-order valence-corrected chi connectivity index (χ1v) is 6.44. The van der Waals surface area contributed by atoms with Crippen LogP contribution >= 0.6 is 0 Å². The monoisotopic (exact) mass is 226 g/mol. The molecule has 2 aliphatic heterocycles. The maximum Gasteiger partial charge on any atom is 0.222 e. The topological polar surface area (TPSA) is 43.8 Å². The van der Waals surface area contributed by atoms with E-state index < -0.39 is 0 Å². The summed E-state index contributed by atoms with van der Waals surface area (Å²) in [5.41, 5.74) is 0. The summed E-state index contributed by atoms with van der Waals surface area (Å²) in [6.07, 6.45) is 4.96. The van der Waals surface area contributed by atoms with Gasteiger partial charge in [0.25, 0.3) is 0 Å². The molecule has 2 saturated heterocycles. The van der Waals surface area contributed by atoms with E-state index in [1.165, 1.54) is 6.42 Å². The Labute approximate surface area is 97.2 Å². The molecule has 16 heavy (non-hydrogen) atoms. The van der Waals surface area contributed by atoms with E-state index in [1.54, 1.807) is 0 Å². The van der Waals surface area contributed by atoms with Gasteiger partial charge in [0.15, 0.2) is 0 Å². The highest BCUT2D eigenvalue weighted by Crippen LogP contribution is 2.21. The number of likely N-dealkylation sites (tertiary alicyclic amines) is 2. The lowest BCUT2D eigenvalue weighted by molar-refractivity contribution is -0.130. The van der Waals surface area contributed by atoms with Crippen molar-refractivity contribution in [3.8, 4) is 0 Å². The molecular weight excluding hydrogens is 204 g/mol. The predicted octanol–water partition coefficient (Wildman–Crippen LogP) is 0.456. The van der Waals surface area contributed by atoms with Gasteiger partial charge in [-0.15, -0.1) is 0 Å². The fraction of sp³-hybridized carbons (Fsp3) is 0.917. The average molecular weight is 226 g/mol. The zero-order valence-corrected chi connectivity index (χ0v) is 9.90. The molecule has 2 rings (SSSR count). The average Bonchev–Trinajstić information content (AvgIpc) is 2.73. The minimum Gasteiger partial charge on any atom is -0.396 e. The van der Waals surface area contributed by atoms with E-state index in [9.17, 15) is 4.79 Å². The highest BCUT2D eigenvalue weighted by molar-refractivity contribution is 5.78. The van der Waals surface area contributed by atoms with E-state index in [0.717, 1.165) is 51.9 Å². The number of aliphatic hydroxyl groups is 1. The molecule has 0 bridgehead atoms. The highest BCUT2D eigenvalue weighted by atomic mass is 16.3. The van der Waals surface area contributed by atoms with E-state index in [0.29, 0.717) is 11.9 Å². The number of rotatable bonds is 4. The van der Waals surface area contributed by atoms with Crippen molar-refractivity contribution in [3.05, 3.63) is 0 Å². The van der Waals surface area contributed by atoms with Gasteiger partial charge in [0, 0.05) is 38.7 Å². The molecule has 0 aromatic heterocycles. The number of carbonyl (C=O) groups excluding carboxylic acids is 1. The van der Waals surface area contributed by atoms with Gasteiger partial charge in [0.1, 0.15) is 0 Å². The lowest BCUT2D eigenvalue weighted by atomic mass is 10.0. The van der Waals surface area contributed by atoms with Gasteiger partial charge >= 0.3 is 0 Å². The van der Waals surface area contributed by atoms with E-state index in [2.05, 4.69) is 9.80 Å². The van der Waals surface area contributed by atoms with Gasteiger partial charge in [0.2, 0.25) is 5.91 Å². The molecule has 4 heteroatoms. The van der Waals surface area contributed by atoms with E-state index >= 15 is 0 Å². The first-order valence-electron chi connectivity index (χ1n) is 6.44. The van der Waals surface area contributed by atoms with Crippen LogP contribution in [0, 0.1) is 0 Å². The summed E-state index contributed by atoms with van der Waals surface area (Å²) in [6.45, 7) is 4.32. The summed E-state index contributed by atoms with van der Waals surface area (Å²) in [7, 11) is 0. The predicted molar refractivity (Wildman–Crippen MR) is 62.1 cm³/mol. The van der Waals surface area contributed by atoms with Crippen molar-refractivity contribution in [2.75, 3.05) is 32.8 Å². The molecule has 4 nitrogen and oxygen atoms in total. The molecular formula is C12H22N2O2. The van der Waals surface area contributed by atoms with Crippen LogP contribution in [-0.2, 0) is 4.79 Å². The van der Waals surface area contributed by atoms with Crippen molar-refractivity contribution in [3.63, 3.8) is 0 Å². The number of aliphatic hydroxyl groups excluding tert-OH is 1. The summed E-state index contributed by atoms with van der Waals surface area (Å²) in [6, 6.07) is 0.433. The third-order valence-electron chi connectivity index (χ3n) is 3.66. The Balaban J connectivity index is 1.83. The first kappa shape index (κ1) is 11.9. The van der Waals surface area contributed by atoms with E-state index in [4.69, 9.17) is 5.11 Å². The van der Waals surface area contributed by atoms with Crippen LogP contribution in [0.15, 0.2) is 0 Å². The molecule has 1 amide bonds. The van der Waals surface area contributed by atoms with Crippen LogP contribution in [0.25, 0.3) is 0 Å². The molecule has 2 aliphatic rings. The standard InChI is InChI=1S/C12H22N2O2/c15-9-3-7-13-6-1-4-11(10-13)14-8-2-5-12(14)16/h11,15H,1-10H2. The maximum absolute atomic E-state index is 11.7. The quantitative estimate of drug-likeness (QED) is 0.757. The number of nitrogens with zero attached hydrogens (tertiary/aromatic N) is 2. The van der Waals surface area contributed by atoms with Gasteiger partial charge in [-0.25, -0.2) is 0 Å². The molecule has 2 fully saturated rings. The van der Waals surface area contributed by atoms with Crippen molar-refractivity contribution >= 4 is 5.91 Å². The van der Waals surface area contributed by atoms with Gasteiger partial charge in [0.05, 0.1) is 0 Å². The minimum atomic E-state index is 0.268. The van der Waals surface area contributed by atoms with Crippen LogP contribution in [0.2, 0.25) is 0 Å². The molecule has 0 radical (unpaired) electrons. The summed E-state index contributed by atoms with van der Waals surface area (Å²) >= 11 is 0. The van der Waals surface area contributed by atoms with Crippen LogP contribution in [0.5, 0.6) is 0 Å². The van der Waals surface area contributed by atoms with Crippen molar-refractivity contribution in [1.29, 1.82) is 0 Å². The lowest BCUT2D eigenvalue weighted by Gasteiger charge is -2.37. The maximum atomic E-state index is 11.7. The fourth-order valence-electron chi connectivity index (χ4n) is 2.84. The summed E-state index contributed by atoms with van der Waals surface area (Å²) in [5, 5.41) is 8.83. The van der Waals surface area contributed by atoms with Gasteiger partial charge in [-0.1, -0.05) is 0 Å². The Bertz CT molecular complexity index is 245. The normalized spacial score (nSPS) is 27.7. The molecule has 0 spiro atoms. The number of amides is 1.